The van der Waals surface area contributed by atoms with E-state index >= 15 is 0 Å². The summed E-state index contributed by atoms with van der Waals surface area (Å²) in [6, 6.07) is 3.91. The van der Waals surface area contributed by atoms with Gasteiger partial charge >= 0.3 is 0 Å². The highest BCUT2D eigenvalue weighted by atomic mass is 32.2. The molecule has 12 heavy (non-hydrogen) atoms. The van der Waals surface area contributed by atoms with Crippen LogP contribution in [0.5, 0.6) is 0 Å². The number of pyridine rings is 1. The molecule has 66 valence electrons. The minimum absolute atomic E-state index is 0.709. The van der Waals surface area contributed by atoms with E-state index in [0.29, 0.717) is 5.82 Å². The van der Waals surface area contributed by atoms with Gasteiger partial charge in [-0.05, 0) is 17.4 Å². The molecule has 0 aromatic carbocycles. The van der Waals surface area contributed by atoms with Gasteiger partial charge in [-0.2, -0.15) is 11.8 Å². The summed E-state index contributed by atoms with van der Waals surface area (Å²) in [5, 5.41) is 0. The Hall–Kier alpha value is -0.740. The molecule has 0 spiro atoms. The summed E-state index contributed by atoms with van der Waals surface area (Å²) in [5.74, 6) is 8.05. The summed E-state index contributed by atoms with van der Waals surface area (Å²) < 4.78 is 0. The van der Waals surface area contributed by atoms with Crippen molar-refractivity contribution in [2.75, 3.05) is 11.2 Å². The van der Waals surface area contributed by atoms with E-state index in [9.17, 15) is 0 Å². The number of nitrogens with zero attached hydrogens (tertiary/aromatic N) is 1. The second kappa shape index (κ2) is 5.00. The largest absolute Gasteiger partial charge is 0.308 e. The molecule has 3 N–H and O–H groups in total. The third-order valence-corrected chi connectivity index (χ3v) is 2.39. The second-order valence-corrected chi connectivity index (χ2v) is 3.61. The quantitative estimate of drug-likeness (QED) is 0.550. The van der Waals surface area contributed by atoms with Crippen molar-refractivity contribution in [2.24, 2.45) is 5.84 Å². The average Bonchev–Trinajstić information content (AvgIpc) is 2.15. The monoisotopic (exact) mass is 183 g/mol. The van der Waals surface area contributed by atoms with Crippen LogP contribution in [0.3, 0.4) is 0 Å². The zero-order valence-corrected chi connectivity index (χ0v) is 7.90. The molecule has 0 saturated carbocycles. The van der Waals surface area contributed by atoms with Crippen LogP contribution in [-0.2, 0) is 5.75 Å². The van der Waals surface area contributed by atoms with Crippen molar-refractivity contribution in [2.45, 2.75) is 12.7 Å². The first-order valence-corrected chi connectivity index (χ1v) is 5.01. The van der Waals surface area contributed by atoms with Crippen LogP contribution in [0.25, 0.3) is 0 Å². The highest BCUT2D eigenvalue weighted by Crippen LogP contribution is 2.11. The summed E-state index contributed by atoms with van der Waals surface area (Å²) in [6.45, 7) is 2.15. The number of nitrogens with two attached hydrogens (primary N) is 1. The first-order valence-electron chi connectivity index (χ1n) is 3.86. The third kappa shape index (κ3) is 2.71. The predicted molar refractivity (Wildman–Crippen MR) is 53.9 cm³/mol. The molecule has 0 aliphatic heterocycles. The number of hydrogen-bond acceptors (Lipinski definition) is 4. The fraction of sp³-hybridized carbons (Fsp3) is 0.375. The Bertz CT molecular complexity index is 222. The Labute approximate surface area is 76.7 Å². The van der Waals surface area contributed by atoms with Gasteiger partial charge in [0.05, 0.1) is 0 Å². The number of nitrogens with one attached hydrogen (secondary N) is 1. The van der Waals surface area contributed by atoms with E-state index < -0.39 is 0 Å². The van der Waals surface area contributed by atoms with E-state index in [-0.39, 0.29) is 0 Å². The smallest absolute Gasteiger partial charge is 0.139 e. The maximum atomic E-state index is 5.18. The third-order valence-electron chi connectivity index (χ3n) is 1.45. The van der Waals surface area contributed by atoms with Crippen molar-refractivity contribution < 1.29 is 0 Å². The van der Waals surface area contributed by atoms with E-state index in [2.05, 4.69) is 17.3 Å². The maximum Gasteiger partial charge on any atom is 0.139 e. The lowest BCUT2D eigenvalue weighted by Gasteiger charge is -2.00. The zero-order chi connectivity index (χ0) is 8.81. The summed E-state index contributed by atoms with van der Waals surface area (Å²) in [6.07, 6.45) is 1.85. The van der Waals surface area contributed by atoms with E-state index in [1.54, 1.807) is 0 Å². The number of hydrazine groups is 1. The molecule has 1 heterocycles. The first kappa shape index (κ1) is 9.35. The van der Waals surface area contributed by atoms with Gasteiger partial charge in [-0.25, -0.2) is 10.8 Å². The Kier molecular flexibility index (Phi) is 3.90. The Morgan fingerprint density at radius 2 is 2.42 bits per heavy atom. The summed E-state index contributed by atoms with van der Waals surface area (Å²) in [5.41, 5.74) is 3.73. The van der Waals surface area contributed by atoms with Gasteiger partial charge in [0.2, 0.25) is 0 Å². The van der Waals surface area contributed by atoms with E-state index in [1.807, 2.05) is 30.1 Å². The molecule has 0 radical (unpaired) electrons. The lowest BCUT2D eigenvalue weighted by atomic mass is 10.3. The predicted octanol–water partition coefficient (Wildman–Crippen LogP) is 1.62. The zero-order valence-electron chi connectivity index (χ0n) is 7.08. The average molecular weight is 183 g/mol. The van der Waals surface area contributed by atoms with Crippen molar-refractivity contribution in [3.05, 3.63) is 23.9 Å². The molecule has 0 bridgehead atoms. The summed E-state index contributed by atoms with van der Waals surface area (Å²) >= 11 is 1.88. The number of rotatable bonds is 4. The molecule has 0 unspecified atom stereocenters. The van der Waals surface area contributed by atoms with Crippen LogP contribution < -0.4 is 11.3 Å². The van der Waals surface area contributed by atoms with Crippen LogP contribution in [0.4, 0.5) is 5.82 Å². The highest BCUT2D eigenvalue weighted by Gasteiger charge is 1.93. The van der Waals surface area contributed by atoms with Crippen LogP contribution in [0, 0.1) is 0 Å². The molecule has 0 atom stereocenters. The Balaban J connectivity index is 2.53. The topological polar surface area (TPSA) is 50.9 Å². The minimum atomic E-state index is 0.709. The van der Waals surface area contributed by atoms with Crippen LogP contribution in [0.15, 0.2) is 18.3 Å². The van der Waals surface area contributed by atoms with Gasteiger partial charge in [0, 0.05) is 11.9 Å². The Morgan fingerprint density at radius 1 is 1.58 bits per heavy atom. The number of nitrogen functional groups attached to an aromatic ring is 1. The van der Waals surface area contributed by atoms with Crippen molar-refractivity contribution in [1.29, 1.82) is 0 Å². The van der Waals surface area contributed by atoms with Crippen molar-refractivity contribution in [3.63, 3.8) is 0 Å². The van der Waals surface area contributed by atoms with Gasteiger partial charge in [-0.15, -0.1) is 0 Å². The van der Waals surface area contributed by atoms with Crippen LogP contribution in [0.1, 0.15) is 12.5 Å². The van der Waals surface area contributed by atoms with Crippen molar-refractivity contribution in [3.8, 4) is 0 Å². The lowest BCUT2D eigenvalue weighted by molar-refractivity contribution is 1.19. The molecule has 0 aliphatic rings. The lowest BCUT2D eigenvalue weighted by Crippen LogP contribution is -2.08. The normalized spacial score (nSPS) is 9.83. The number of anilines is 1. The van der Waals surface area contributed by atoms with Crippen molar-refractivity contribution in [1.82, 2.24) is 4.98 Å². The molecule has 0 fully saturated rings. The number of thioether (sulfide) groups is 1. The van der Waals surface area contributed by atoms with Gasteiger partial charge in [0.15, 0.2) is 0 Å². The number of hydrogen-bond donors (Lipinski definition) is 2. The fourth-order valence-corrected chi connectivity index (χ4v) is 1.43. The number of aromatic nitrogens is 1. The van der Waals surface area contributed by atoms with Gasteiger partial charge in [-0.3, -0.25) is 0 Å². The van der Waals surface area contributed by atoms with E-state index in [4.69, 9.17) is 5.84 Å². The van der Waals surface area contributed by atoms with Crippen LogP contribution >= 0.6 is 11.8 Å². The Morgan fingerprint density at radius 3 is 2.92 bits per heavy atom. The van der Waals surface area contributed by atoms with Gasteiger partial charge < -0.3 is 5.43 Å². The molecular weight excluding hydrogens is 170 g/mol. The molecule has 0 saturated heterocycles. The standard InChI is InChI=1S/C8H13N3S/c1-2-12-6-7-3-4-8(11-9)10-5-7/h3-5H,2,6,9H2,1H3,(H,10,11). The first-order chi connectivity index (χ1) is 5.86. The van der Waals surface area contributed by atoms with Crippen molar-refractivity contribution >= 4 is 17.6 Å². The molecule has 4 heteroatoms. The molecule has 1 aromatic heterocycles. The van der Waals surface area contributed by atoms with Crippen LogP contribution in [0.2, 0.25) is 0 Å². The van der Waals surface area contributed by atoms with Crippen LogP contribution in [-0.4, -0.2) is 10.7 Å². The van der Waals surface area contributed by atoms with Gasteiger partial charge in [0.1, 0.15) is 5.82 Å². The molecule has 0 amide bonds. The minimum Gasteiger partial charge on any atom is -0.308 e. The summed E-state index contributed by atoms with van der Waals surface area (Å²) in [7, 11) is 0. The molecule has 0 aliphatic carbocycles. The van der Waals surface area contributed by atoms with Gasteiger partial charge in [0.25, 0.3) is 0 Å². The van der Waals surface area contributed by atoms with E-state index in [0.717, 1.165) is 11.5 Å². The van der Waals surface area contributed by atoms with E-state index in [1.165, 1.54) is 5.56 Å². The second-order valence-electron chi connectivity index (χ2n) is 2.33. The highest BCUT2D eigenvalue weighted by molar-refractivity contribution is 7.98. The molecule has 3 nitrogen and oxygen atoms in total. The molecular formula is C8H13N3S. The summed E-state index contributed by atoms with van der Waals surface area (Å²) in [4.78, 5) is 4.10. The maximum absolute atomic E-state index is 5.18. The fourth-order valence-electron chi connectivity index (χ4n) is 0.815. The molecule has 1 rings (SSSR count). The SMILES string of the molecule is CCSCc1ccc(NN)nc1. The van der Waals surface area contributed by atoms with Gasteiger partial charge in [-0.1, -0.05) is 13.0 Å². The molecule has 1 aromatic rings.